The number of carbonyl (C=O) groups is 3. The van der Waals surface area contributed by atoms with Gasteiger partial charge in [-0.05, 0) is 49.4 Å². The van der Waals surface area contributed by atoms with Gasteiger partial charge >= 0.3 is 0 Å². The maximum absolute atomic E-state index is 13.8. The van der Waals surface area contributed by atoms with Crippen LogP contribution in [0.25, 0.3) is 0 Å². The van der Waals surface area contributed by atoms with Gasteiger partial charge in [-0.15, -0.1) is 11.8 Å². The zero-order valence-corrected chi connectivity index (χ0v) is 24.0. The van der Waals surface area contributed by atoms with Crippen LogP contribution in [0.2, 0.25) is 0 Å². The summed E-state index contributed by atoms with van der Waals surface area (Å²) in [6, 6.07) is 24.9. The number of rotatable bonds is 10. The van der Waals surface area contributed by atoms with E-state index in [9.17, 15) is 19.5 Å². The van der Waals surface area contributed by atoms with Gasteiger partial charge < -0.3 is 20.6 Å². The highest BCUT2D eigenvalue weighted by molar-refractivity contribution is 8.00. The molecular formula is C32H37N3O4S. The first-order valence-corrected chi connectivity index (χ1v) is 14.5. The highest BCUT2D eigenvalue weighted by Gasteiger charge is 2.49. The summed E-state index contributed by atoms with van der Waals surface area (Å²) >= 11 is 1.49. The number of hydrogen-bond donors (Lipinski definition) is 3. The Morgan fingerprint density at radius 2 is 1.55 bits per heavy atom. The molecule has 0 radical (unpaired) electrons. The van der Waals surface area contributed by atoms with Crippen LogP contribution in [0.1, 0.15) is 36.1 Å². The lowest BCUT2D eigenvalue weighted by atomic mass is 9.96. The van der Waals surface area contributed by atoms with Crippen LogP contribution in [-0.4, -0.2) is 56.5 Å². The van der Waals surface area contributed by atoms with Crippen LogP contribution in [0.15, 0.2) is 84.9 Å². The van der Waals surface area contributed by atoms with Crippen LogP contribution >= 0.6 is 11.8 Å². The molecule has 1 aliphatic heterocycles. The normalized spacial score (nSPS) is 17.6. The first-order valence-electron chi connectivity index (χ1n) is 13.5. The summed E-state index contributed by atoms with van der Waals surface area (Å²) in [7, 11) is 0. The third kappa shape index (κ3) is 7.31. The van der Waals surface area contributed by atoms with Gasteiger partial charge in [-0.1, -0.05) is 84.9 Å². The molecule has 40 heavy (non-hydrogen) atoms. The Labute approximate surface area is 240 Å². The smallest absolute Gasteiger partial charge is 0.254 e. The minimum atomic E-state index is -1.53. The minimum absolute atomic E-state index is 0.129. The van der Waals surface area contributed by atoms with E-state index in [1.54, 1.807) is 0 Å². The summed E-state index contributed by atoms with van der Waals surface area (Å²) in [6.07, 6.45) is -1.13. The zero-order valence-electron chi connectivity index (χ0n) is 23.2. The summed E-state index contributed by atoms with van der Waals surface area (Å²) in [5.41, 5.74) is 3.79. The Balaban J connectivity index is 1.51. The summed E-state index contributed by atoms with van der Waals surface area (Å²) < 4.78 is -0.559. The van der Waals surface area contributed by atoms with Crippen molar-refractivity contribution in [1.29, 1.82) is 0 Å². The Morgan fingerprint density at radius 3 is 2.20 bits per heavy atom. The lowest BCUT2D eigenvalue weighted by molar-refractivity contribution is -0.147. The van der Waals surface area contributed by atoms with Crippen molar-refractivity contribution in [2.75, 3.05) is 5.88 Å². The molecule has 3 aromatic rings. The molecular weight excluding hydrogens is 522 g/mol. The van der Waals surface area contributed by atoms with Crippen molar-refractivity contribution < 1.29 is 19.5 Å². The fourth-order valence-electron chi connectivity index (χ4n) is 4.99. The Morgan fingerprint density at radius 1 is 0.950 bits per heavy atom. The number of aliphatic hydroxyl groups excluding tert-OH is 1. The second-order valence-electron chi connectivity index (χ2n) is 10.7. The van der Waals surface area contributed by atoms with Crippen LogP contribution in [-0.2, 0) is 33.8 Å². The van der Waals surface area contributed by atoms with E-state index >= 15 is 0 Å². The third-order valence-electron chi connectivity index (χ3n) is 7.28. The Bertz CT molecular complexity index is 1320. The lowest BCUT2D eigenvalue weighted by Crippen LogP contribution is -2.58. The van der Waals surface area contributed by atoms with Gasteiger partial charge in [0.2, 0.25) is 11.8 Å². The molecule has 3 N–H and O–H groups in total. The molecule has 4 rings (SSSR count). The van der Waals surface area contributed by atoms with E-state index in [-0.39, 0.29) is 30.5 Å². The number of carbonyl (C=O) groups excluding carboxylic acids is 3. The number of aliphatic hydroxyl groups is 1. The molecule has 0 aromatic heterocycles. The van der Waals surface area contributed by atoms with Crippen molar-refractivity contribution in [2.24, 2.45) is 0 Å². The predicted octanol–water partition coefficient (Wildman–Crippen LogP) is 3.62. The monoisotopic (exact) mass is 559 g/mol. The van der Waals surface area contributed by atoms with Crippen LogP contribution < -0.4 is 10.6 Å². The summed E-state index contributed by atoms with van der Waals surface area (Å²) in [5.74, 6) is -0.870. The van der Waals surface area contributed by atoms with Crippen molar-refractivity contribution >= 4 is 29.5 Å². The van der Waals surface area contributed by atoms with Crippen LogP contribution in [0, 0.1) is 6.92 Å². The van der Waals surface area contributed by atoms with Gasteiger partial charge in [0.05, 0.1) is 18.3 Å². The van der Waals surface area contributed by atoms with Crippen molar-refractivity contribution in [2.45, 2.75) is 63.1 Å². The molecule has 0 saturated carbocycles. The van der Waals surface area contributed by atoms with Gasteiger partial charge in [0.15, 0.2) is 6.10 Å². The molecule has 0 unspecified atom stereocenters. The van der Waals surface area contributed by atoms with Crippen molar-refractivity contribution in [3.05, 3.63) is 107 Å². The Hall–Kier alpha value is -3.62. The highest BCUT2D eigenvalue weighted by atomic mass is 32.2. The third-order valence-corrected chi connectivity index (χ3v) is 8.65. The number of amides is 3. The molecule has 3 amide bonds. The van der Waals surface area contributed by atoms with Crippen molar-refractivity contribution in [1.82, 2.24) is 15.5 Å². The van der Waals surface area contributed by atoms with Gasteiger partial charge in [-0.2, -0.15) is 0 Å². The van der Waals surface area contributed by atoms with E-state index < -0.39 is 28.8 Å². The molecule has 8 heteroatoms. The molecule has 7 nitrogen and oxygen atoms in total. The zero-order chi connectivity index (χ0) is 28.7. The number of nitrogens with one attached hydrogen (secondary N) is 2. The molecule has 0 bridgehead atoms. The molecule has 1 fully saturated rings. The van der Waals surface area contributed by atoms with Crippen molar-refractivity contribution in [3.63, 3.8) is 0 Å². The number of aryl methyl sites for hydroxylation is 1. The summed E-state index contributed by atoms with van der Waals surface area (Å²) in [4.78, 5) is 41.7. The van der Waals surface area contributed by atoms with E-state index in [1.807, 2.05) is 106 Å². The second-order valence-corrected chi connectivity index (χ2v) is 12.3. The van der Waals surface area contributed by atoms with Gasteiger partial charge in [-0.25, -0.2) is 0 Å². The largest absolute Gasteiger partial charge is 0.381 e. The first kappa shape index (κ1) is 29.4. The fraction of sp³-hybridized carbons (Fsp3) is 0.344. The molecule has 210 valence electrons. The topological polar surface area (TPSA) is 98.7 Å². The van der Waals surface area contributed by atoms with Crippen LogP contribution in [0.5, 0.6) is 0 Å². The predicted molar refractivity (Wildman–Crippen MR) is 158 cm³/mol. The number of hydrogen-bond acceptors (Lipinski definition) is 5. The SMILES string of the molecule is Cc1ccccc1CNC(=O)[C@H]1N(C(=O)[C@@H](O)[C@H](Cc2ccccc2)NC(=O)Cc2ccccc2)CSC1(C)C. The lowest BCUT2D eigenvalue weighted by Gasteiger charge is -2.33. The van der Waals surface area contributed by atoms with Crippen LogP contribution in [0.3, 0.4) is 0 Å². The van der Waals surface area contributed by atoms with Gasteiger partial charge in [0.25, 0.3) is 5.91 Å². The number of nitrogens with zero attached hydrogens (tertiary/aromatic N) is 1. The molecule has 1 aliphatic rings. The van der Waals surface area contributed by atoms with Gasteiger partial charge in [0, 0.05) is 11.3 Å². The number of thioether (sulfide) groups is 1. The molecule has 1 heterocycles. The molecule has 0 aliphatic carbocycles. The van der Waals surface area contributed by atoms with E-state index in [1.165, 1.54) is 16.7 Å². The van der Waals surface area contributed by atoms with E-state index in [0.29, 0.717) is 6.54 Å². The van der Waals surface area contributed by atoms with E-state index in [4.69, 9.17) is 0 Å². The molecule has 0 spiro atoms. The summed E-state index contributed by atoms with van der Waals surface area (Å²) in [6.45, 7) is 6.19. The van der Waals surface area contributed by atoms with E-state index in [2.05, 4.69) is 10.6 Å². The van der Waals surface area contributed by atoms with Gasteiger partial charge in [0.1, 0.15) is 6.04 Å². The molecule has 3 atom stereocenters. The summed E-state index contributed by atoms with van der Waals surface area (Å²) in [5, 5.41) is 17.3. The first-order chi connectivity index (χ1) is 19.2. The minimum Gasteiger partial charge on any atom is -0.381 e. The maximum Gasteiger partial charge on any atom is 0.254 e. The molecule has 3 aromatic carbocycles. The maximum atomic E-state index is 13.8. The Kier molecular flexibility index (Phi) is 9.66. The van der Waals surface area contributed by atoms with Crippen molar-refractivity contribution in [3.8, 4) is 0 Å². The second kappa shape index (κ2) is 13.2. The van der Waals surface area contributed by atoms with Crippen LogP contribution in [0.4, 0.5) is 0 Å². The quantitative estimate of drug-likeness (QED) is 0.353. The standard InChI is InChI=1S/C32H37N3O4S/c1-22-12-10-11-17-25(22)20-33-30(38)29-32(2,3)40-21-35(29)31(39)28(37)26(18-23-13-6-4-7-14-23)34-27(36)19-24-15-8-5-9-16-24/h4-17,26,28-29,37H,18-21H2,1-3H3,(H,33,38)(H,34,36)/t26-,28-,29+/m0/s1. The van der Waals surface area contributed by atoms with Gasteiger partial charge in [-0.3, -0.25) is 14.4 Å². The number of benzene rings is 3. The van der Waals surface area contributed by atoms with E-state index in [0.717, 1.165) is 22.3 Å². The average Bonchev–Trinajstić information content (AvgIpc) is 3.27. The highest BCUT2D eigenvalue weighted by Crippen LogP contribution is 2.40. The molecule has 1 saturated heterocycles. The average molecular weight is 560 g/mol. The fourth-order valence-corrected chi connectivity index (χ4v) is 6.13.